The molecule has 144 valence electrons. The molecule has 0 saturated heterocycles. The van der Waals surface area contributed by atoms with Crippen molar-refractivity contribution in [2.75, 3.05) is 30.1 Å². The molecule has 0 saturated carbocycles. The number of nitrogens with one attached hydrogen (secondary N) is 1. The Labute approximate surface area is 153 Å². The third-order valence-electron chi connectivity index (χ3n) is 4.41. The van der Waals surface area contributed by atoms with E-state index in [1.807, 2.05) is 0 Å². The zero-order valence-corrected chi connectivity index (χ0v) is 16.7. The predicted molar refractivity (Wildman–Crippen MR) is 105 cm³/mol. The Balaban J connectivity index is 2.50. The summed E-state index contributed by atoms with van der Waals surface area (Å²) >= 11 is 0. The van der Waals surface area contributed by atoms with Crippen molar-refractivity contribution in [2.24, 2.45) is 0 Å². The maximum Gasteiger partial charge on any atom is 0.232 e. The number of likely N-dealkylation sites (N-methyl/N-ethyl adjacent to an activating group) is 1. The SMILES string of the molecule is CCCCCCCN(CC)CC(O)c1ccc(NS(=O)(=O)CC)cc1. The second-order valence-electron chi connectivity index (χ2n) is 6.45. The van der Waals surface area contributed by atoms with Gasteiger partial charge >= 0.3 is 0 Å². The van der Waals surface area contributed by atoms with E-state index in [0.29, 0.717) is 12.2 Å². The monoisotopic (exact) mass is 370 g/mol. The molecule has 0 amide bonds. The van der Waals surface area contributed by atoms with E-state index in [9.17, 15) is 13.5 Å². The van der Waals surface area contributed by atoms with Crippen LogP contribution in [0.3, 0.4) is 0 Å². The molecular formula is C19H34N2O3S. The van der Waals surface area contributed by atoms with Gasteiger partial charge in [-0.2, -0.15) is 0 Å². The number of hydrogen-bond acceptors (Lipinski definition) is 4. The predicted octanol–water partition coefficient (Wildman–Crippen LogP) is 3.77. The van der Waals surface area contributed by atoms with Crippen LogP contribution in [0.15, 0.2) is 24.3 Å². The lowest BCUT2D eigenvalue weighted by Gasteiger charge is -2.24. The summed E-state index contributed by atoms with van der Waals surface area (Å²) in [6.45, 7) is 8.45. The van der Waals surface area contributed by atoms with Crippen LogP contribution < -0.4 is 4.72 Å². The summed E-state index contributed by atoms with van der Waals surface area (Å²) in [6, 6.07) is 6.97. The molecule has 0 heterocycles. The number of unbranched alkanes of at least 4 members (excludes halogenated alkanes) is 4. The van der Waals surface area contributed by atoms with Gasteiger partial charge in [0.05, 0.1) is 11.9 Å². The van der Waals surface area contributed by atoms with Crippen molar-refractivity contribution >= 4 is 15.7 Å². The molecule has 0 aliphatic rings. The number of anilines is 1. The van der Waals surface area contributed by atoms with Crippen molar-refractivity contribution in [3.63, 3.8) is 0 Å². The molecule has 0 spiro atoms. The number of rotatable bonds is 13. The molecule has 0 aliphatic heterocycles. The first-order valence-electron chi connectivity index (χ1n) is 9.42. The van der Waals surface area contributed by atoms with E-state index in [-0.39, 0.29) is 5.75 Å². The van der Waals surface area contributed by atoms with E-state index in [4.69, 9.17) is 0 Å². The van der Waals surface area contributed by atoms with Crippen LogP contribution >= 0.6 is 0 Å². The molecule has 1 atom stereocenters. The molecule has 25 heavy (non-hydrogen) atoms. The summed E-state index contributed by atoms with van der Waals surface area (Å²) in [5.74, 6) is 0.0428. The highest BCUT2D eigenvalue weighted by molar-refractivity contribution is 7.92. The van der Waals surface area contributed by atoms with Crippen LogP contribution in [-0.4, -0.2) is 43.8 Å². The number of sulfonamides is 1. The molecule has 2 N–H and O–H groups in total. The normalized spacial score (nSPS) is 13.2. The second kappa shape index (κ2) is 11.5. The molecule has 1 rings (SSSR count). The lowest BCUT2D eigenvalue weighted by Crippen LogP contribution is -2.29. The van der Waals surface area contributed by atoms with E-state index in [1.54, 1.807) is 31.2 Å². The Morgan fingerprint density at radius 2 is 1.68 bits per heavy atom. The molecule has 0 radical (unpaired) electrons. The van der Waals surface area contributed by atoms with Crippen LogP contribution in [0.5, 0.6) is 0 Å². The molecule has 1 aromatic rings. The Bertz CT molecular complexity index is 573. The van der Waals surface area contributed by atoms with Crippen molar-refractivity contribution in [3.8, 4) is 0 Å². The van der Waals surface area contributed by atoms with Crippen LogP contribution in [0.4, 0.5) is 5.69 Å². The molecule has 0 aromatic heterocycles. The first-order valence-corrected chi connectivity index (χ1v) is 11.1. The summed E-state index contributed by atoms with van der Waals surface area (Å²) in [5, 5.41) is 10.5. The maximum absolute atomic E-state index is 11.6. The Hall–Kier alpha value is -1.11. The molecular weight excluding hydrogens is 336 g/mol. The molecule has 0 aliphatic carbocycles. The van der Waals surface area contributed by atoms with Crippen LogP contribution in [0.1, 0.15) is 64.5 Å². The van der Waals surface area contributed by atoms with Crippen molar-refractivity contribution in [3.05, 3.63) is 29.8 Å². The fourth-order valence-corrected chi connectivity index (χ4v) is 3.33. The van der Waals surface area contributed by atoms with Crippen molar-refractivity contribution < 1.29 is 13.5 Å². The summed E-state index contributed by atoms with van der Waals surface area (Å²) in [4.78, 5) is 2.27. The average molecular weight is 371 g/mol. The van der Waals surface area contributed by atoms with Crippen LogP contribution in [0.25, 0.3) is 0 Å². The Kier molecular flexibility index (Phi) is 10.1. The zero-order valence-electron chi connectivity index (χ0n) is 15.9. The number of aliphatic hydroxyl groups excluding tert-OH is 1. The molecule has 5 nitrogen and oxygen atoms in total. The highest BCUT2D eigenvalue weighted by Crippen LogP contribution is 2.18. The number of benzene rings is 1. The number of hydrogen-bond donors (Lipinski definition) is 2. The largest absolute Gasteiger partial charge is 0.387 e. The van der Waals surface area contributed by atoms with Gasteiger partial charge in [-0.05, 0) is 44.1 Å². The highest BCUT2D eigenvalue weighted by Gasteiger charge is 2.13. The maximum atomic E-state index is 11.6. The van der Waals surface area contributed by atoms with Gasteiger partial charge in [0.15, 0.2) is 0 Å². The summed E-state index contributed by atoms with van der Waals surface area (Å²) < 4.78 is 25.7. The van der Waals surface area contributed by atoms with Gasteiger partial charge in [-0.15, -0.1) is 0 Å². The minimum Gasteiger partial charge on any atom is -0.387 e. The Morgan fingerprint density at radius 1 is 1.04 bits per heavy atom. The fraction of sp³-hybridized carbons (Fsp3) is 0.684. The summed E-state index contributed by atoms with van der Waals surface area (Å²) in [5.41, 5.74) is 1.34. The summed E-state index contributed by atoms with van der Waals surface area (Å²) in [7, 11) is -3.27. The van der Waals surface area contributed by atoms with Gasteiger partial charge in [0.25, 0.3) is 0 Å². The number of aliphatic hydroxyl groups is 1. The van der Waals surface area contributed by atoms with Crippen molar-refractivity contribution in [2.45, 2.75) is 59.0 Å². The molecule has 1 unspecified atom stereocenters. The fourth-order valence-electron chi connectivity index (χ4n) is 2.69. The van der Waals surface area contributed by atoms with Crippen molar-refractivity contribution in [1.82, 2.24) is 4.90 Å². The van der Waals surface area contributed by atoms with Gasteiger partial charge in [0, 0.05) is 12.2 Å². The highest BCUT2D eigenvalue weighted by atomic mass is 32.2. The standard InChI is InChI=1S/C19H34N2O3S/c1-4-7-8-9-10-15-21(5-2)16-19(22)17-11-13-18(14-12-17)20-25(23,24)6-3/h11-14,19-20,22H,4-10,15-16H2,1-3H3. The third kappa shape index (κ3) is 8.70. The van der Waals surface area contributed by atoms with E-state index in [2.05, 4.69) is 23.5 Å². The van der Waals surface area contributed by atoms with Gasteiger partial charge < -0.3 is 10.0 Å². The van der Waals surface area contributed by atoms with Crippen LogP contribution in [0, 0.1) is 0 Å². The van der Waals surface area contributed by atoms with Gasteiger partial charge in [-0.25, -0.2) is 8.42 Å². The molecule has 0 fully saturated rings. The van der Waals surface area contributed by atoms with Gasteiger partial charge in [0.1, 0.15) is 0 Å². The quantitative estimate of drug-likeness (QED) is 0.519. The van der Waals surface area contributed by atoms with E-state index in [0.717, 1.165) is 25.1 Å². The number of nitrogens with zero attached hydrogens (tertiary/aromatic N) is 1. The van der Waals surface area contributed by atoms with Crippen molar-refractivity contribution in [1.29, 1.82) is 0 Å². The van der Waals surface area contributed by atoms with Gasteiger partial charge in [-0.1, -0.05) is 51.7 Å². The van der Waals surface area contributed by atoms with E-state index < -0.39 is 16.1 Å². The molecule has 6 heteroatoms. The zero-order chi connectivity index (χ0) is 18.7. The first-order chi connectivity index (χ1) is 11.9. The second-order valence-corrected chi connectivity index (χ2v) is 8.46. The van der Waals surface area contributed by atoms with Gasteiger partial charge in [-0.3, -0.25) is 4.72 Å². The topological polar surface area (TPSA) is 69.6 Å². The molecule has 1 aromatic carbocycles. The first kappa shape index (κ1) is 21.9. The minimum atomic E-state index is -3.27. The average Bonchev–Trinajstić information content (AvgIpc) is 2.60. The van der Waals surface area contributed by atoms with Crippen LogP contribution in [-0.2, 0) is 10.0 Å². The Morgan fingerprint density at radius 3 is 2.24 bits per heavy atom. The summed E-state index contributed by atoms with van der Waals surface area (Å²) in [6.07, 6.45) is 5.67. The lowest BCUT2D eigenvalue weighted by atomic mass is 10.1. The molecule has 0 bridgehead atoms. The van der Waals surface area contributed by atoms with E-state index in [1.165, 1.54) is 25.7 Å². The lowest BCUT2D eigenvalue weighted by molar-refractivity contribution is 0.115. The third-order valence-corrected chi connectivity index (χ3v) is 5.71. The minimum absolute atomic E-state index is 0.0428. The van der Waals surface area contributed by atoms with Crippen LogP contribution in [0.2, 0.25) is 0 Å². The van der Waals surface area contributed by atoms with E-state index >= 15 is 0 Å². The van der Waals surface area contributed by atoms with Gasteiger partial charge in [0.2, 0.25) is 10.0 Å². The smallest absolute Gasteiger partial charge is 0.232 e.